The molecule has 8 atom stereocenters. The van der Waals surface area contributed by atoms with Crippen LogP contribution in [0, 0.1) is 11.8 Å². The molecular weight excluding hydrogens is 933 g/mol. The number of nitrogens with one attached hydrogen (secondary N) is 7. The number of carboxylic acids is 1. The summed E-state index contributed by atoms with van der Waals surface area (Å²) >= 11 is 0. The van der Waals surface area contributed by atoms with Crippen LogP contribution in [0.1, 0.15) is 83.5 Å². The number of aliphatic imine (C=N–C) groups is 1. The van der Waals surface area contributed by atoms with Crippen LogP contribution < -0.4 is 43.4 Å². The lowest BCUT2D eigenvalue weighted by Gasteiger charge is -2.32. The van der Waals surface area contributed by atoms with Gasteiger partial charge in [0, 0.05) is 51.2 Å². The second-order valence-electron chi connectivity index (χ2n) is 18.2. The molecule has 13 N–H and O–H groups in total. The monoisotopic (exact) mass is 1000 g/mol. The number of aromatic hydroxyl groups is 1. The second-order valence-corrected chi connectivity index (χ2v) is 18.2. The molecule has 2 heterocycles. The van der Waals surface area contributed by atoms with Crippen LogP contribution in [0.2, 0.25) is 0 Å². The molecule has 0 bridgehead atoms. The standard InChI is InChI=1S/C49H68N12O11/c1-6-28(4)40(46(69)57-36(24-32-25-52-26-54-32)47(70)61-21-11-15-38(61)44(67)58-37(48(71)72)23-30-12-8-7-9-13-30)60-43(66)35(22-31-16-18-33(63)19-17-31)56-45(68)39(27(2)3)59-42(65)34(55-41(64)29(5)62)14-10-20-53-49(50)51/h7-9,12-13,16-19,25-28,34-40,63H,6,10-11,14-15,20-24H2,1-5H3,(H,52,54)(H,55,64)(H,56,68)(H,57,69)(H,58,67)(H,59,65)(H,60,66)(H,71,72)(H4,50,51,53)/t28-,34-,35-,36-,37-,38-,39-,40-/m0/s1. The Kier molecular flexibility index (Phi) is 21.7. The number of likely N-dealkylation sites (tertiary alicyclic amines) is 1. The van der Waals surface area contributed by atoms with Crippen molar-refractivity contribution in [2.45, 2.75) is 128 Å². The predicted molar refractivity (Wildman–Crippen MR) is 263 cm³/mol. The number of phenolic OH excluding ortho intramolecular Hbond substituents is 1. The molecule has 390 valence electrons. The first-order valence-electron chi connectivity index (χ1n) is 23.9. The van der Waals surface area contributed by atoms with Crippen molar-refractivity contribution in [1.82, 2.24) is 46.8 Å². The molecule has 1 saturated heterocycles. The van der Waals surface area contributed by atoms with Gasteiger partial charge in [0.2, 0.25) is 41.2 Å². The number of H-pyrrole nitrogens is 1. The van der Waals surface area contributed by atoms with Gasteiger partial charge in [0.05, 0.1) is 6.33 Å². The number of hydrogen-bond acceptors (Lipinski definition) is 12. The molecule has 72 heavy (non-hydrogen) atoms. The number of hydrogen-bond donors (Lipinski definition) is 11. The van der Waals surface area contributed by atoms with Crippen LogP contribution in [0.4, 0.5) is 0 Å². The zero-order valence-corrected chi connectivity index (χ0v) is 41.2. The third-order valence-corrected chi connectivity index (χ3v) is 12.3. The fraction of sp³-hybridized carbons (Fsp3) is 0.490. The van der Waals surface area contributed by atoms with Crippen LogP contribution in [-0.2, 0) is 62.4 Å². The smallest absolute Gasteiger partial charge is 0.326 e. The van der Waals surface area contributed by atoms with Gasteiger partial charge in [-0.2, -0.15) is 0 Å². The van der Waals surface area contributed by atoms with Gasteiger partial charge in [-0.3, -0.25) is 43.3 Å². The molecule has 1 aromatic heterocycles. The Balaban J connectivity index is 1.59. The highest BCUT2D eigenvalue weighted by molar-refractivity contribution is 6.35. The highest BCUT2D eigenvalue weighted by atomic mass is 16.4. The summed E-state index contributed by atoms with van der Waals surface area (Å²) in [6.45, 7) is 8.05. The fourth-order valence-corrected chi connectivity index (χ4v) is 8.01. The van der Waals surface area contributed by atoms with Gasteiger partial charge < -0.3 is 63.5 Å². The number of carbonyl (C=O) groups is 9. The minimum Gasteiger partial charge on any atom is -0.508 e. The number of carbonyl (C=O) groups excluding carboxylic acids is 8. The summed E-state index contributed by atoms with van der Waals surface area (Å²) in [4.78, 5) is 134. The van der Waals surface area contributed by atoms with Gasteiger partial charge in [0.1, 0.15) is 48.0 Å². The average Bonchev–Trinajstić information content (AvgIpc) is 4.06. The number of carboxylic acid groups (broad SMARTS) is 1. The number of amides is 7. The summed E-state index contributed by atoms with van der Waals surface area (Å²) in [5.41, 5.74) is 12.5. The van der Waals surface area contributed by atoms with E-state index in [0.29, 0.717) is 29.7 Å². The summed E-state index contributed by atoms with van der Waals surface area (Å²) in [6.07, 6.45) is 3.84. The van der Waals surface area contributed by atoms with Gasteiger partial charge in [-0.1, -0.05) is 76.6 Å². The quantitative estimate of drug-likeness (QED) is 0.0198. The van der Waals surface area contributed by atoms with Crippen LogP contribution in [0.25, 0.3) is 0 Å². The third kappa shape index (κ3) is 17.2. The number of imidazole rings is 1. The van der Waals surface area contributed by atoms with Crippen LogP contribution >= 0.6 is 0 Å². The van der Waals surface area contributed by atoms with Crippen LogP contribution in [0.5, 0.6) is 5.75 Å². The second kappa shape index (κ2) is 27.5. The number of phenols is 1. The molecule has 23 heteroatoms. The lowest BCUT2D eigenvalue weighted by atomic mass is 9.96. The van der Waals surface area contributed by atoms with Gasteiger partial charge in [-0.25, -0.2) is 9.78 Å². The molecule has 4 rings (SSSR count). The molecule has 3 aromatic rings. The number of aromatic amines is 1. The van der Waals surface area contributed by atoms with Crippen molar-refractivity contribution in [2.75, 3.05) is 13.1 Å². The number of ketones is 1. The van der Waals surface area contributed by atoms with E-state index in [2.05, 4.69) is 46.9 Å². The summed E-state index contributed by atoms with van der Waals surface area (Å²) in [6, 6.07) is 5.74. The first kappa shape index (κ1) is 56.7. The highest BCUT2D eigenvalue weighted by Crippen LogP contribution is 2.21. The fourth-order valence-electron chi connectivity index (χ4n) is 8.01. The number of aliphatic carboxylic acids is 1. The van der Waals surface area contributed by atoms with E-state index in [1.54, 1.807) is 58.0 Å². The van der Waals surface area contributed by atoms with Crippen molar-refractivity contribution in [2.24, 2.45) is 28.3 Å². The molecule has 0 spiro atoms. The van der Waals surface area contributed by atoms with Gasteiger partial charge in [-0.05, 0) is 60.8 Å². The number of benzene rings is 2. The van der Waals surface area contributed by atoms with E-state index in [4.69, 9.17) is 11.5 Å². The van der Waals surface area contributed by atoms with E-state index < -0.39 is 107 Å². The largest absolute Gasteiger partial charge is 0.508 e. The Morgan fingerprint density at radius 3 is 1.97 bits per heavy atom. The summed E-state index contributed by atoms with van der Waals surface area (Å²) in [5.74, 6) is -8.99. The Morgan fingerprint density at radius 2 is 1.38 bits per heavy atom. The van der Waals surface area contributed by atoms with Gasteiger partial charge >= 0.3 is 5.97 Å². The molecule has 0 unspecified atom stereocenters. The zero-order valence-electron chi connectivity index (χ0n) is 41.2. The predicted octanol–water partition coefficient (Wildman–Crippen LogP) is -0.528. The highest BCUT2D eigenvalue weighted by Gasteiger charge is 2.41. The SMILES string of the molecule is CC[C@H](C)[C@H](NC(=O)[C@H](Cc1ccc(O)cc1)NC(=O)[C@@H](NC(=O)[C@H](CCCN=C(N)N)NC(=O)C(C)=O)C(C)C)C(=O)N[C@@H](Cc1cnc[nH]1)C(=O)N1CCC[C@H]1C(=O)N[C@@H](Cc1ccccc1)C(=O)O. The first-order chi connectivity index (χ1) is 34.2. The maximum absolute atomic E-state index is 14.5. The van der Waals surface area contributed by atoms with Gasteiger partial charge in [0.15, 0.2) is 5.96 Å². The summed E-state index contributed by atoms with van der Waals surface area (Å²) in [5, 5.41) is 35.9. The molecule has 0 radical (unpaired) electrons. The van der Waals surface area contributed by atoms with E-state index in [-0.39, 0.29) is 63.3 Å². The Bertz CT molecular complexity index is 2380. The Labute approximate surface area is 417 Å². The van der Waals surface area contributed by atoms with Crippen molar-refractivity contribution in [3.63, 3.8) is 0 Å². The molecule has 2 aromatic carbocycles. The average molecular weight is 1000 g/mol. The van der Waals surface area contributed by atoms with Crippen molar-refractivity contribution < 1.29 is 53.4 Å². The van der Waals surface area contributed by atoms with Crippen LogP contribution in [0.15, 0.2) is 72.1 Å². The van der Waals surface area contributed by atoms with E-state index >= 15 is 0 Å². The summed E-state index contributed by atoms with van der Waals surface area (Å²) in [7, 11) is 0. The van der Waals surface area contributed by atoms with Crippen LogP contribution in [0.3, 0.4) is 0 Å². The van der Waals surface area contributed by atoms with E-state index in [0.717, 1.165) is 6.92 Å². The first-order valence-corrected chi connectivity index (χ1v) is 23.9. The summed E-state index contributed by atoms with van der Waals surface area (Å²) < 4.78 is 0. The minimum atomic E-state index is -1.39. The third-order valence-electron chi connectivity index (χ3n) is 12.3. The molecule has 0 saturated carbocycles. The lowest BCUT2D eigenvalue weighted by Crippen LogP contribution is -2.62. The molecule has 23 nitrogen and oxygen atoms in total. The number of rotatable bonds is 27. The number of Topliss-reactive ketones (excluding diaryl/α,β-unsaturated/α-hetero) is 1. The lowest BCUT2D eigenvalue weighted by molar-refractivity contribution is -0.145. The molecule has 1 fully saturated rings. The topological polar surface area (TPSA) is 363 Å². The molecule has 0 aliphatic carbocycles. The number of guanidine groups is 1. The minimum absolute atomic E-state index is 0.00625. The van der Waals surface area contributed by atoms with Crippen molar-refractivity contribution >= 4 is 59.1 Å². The zero-order chi connectivity index (χ0) is 53.1. The van der Waals surface area contributed by atoms with Crippen molar-refractivity contribution in [3.05, 3.63) is 83.9 Å². The number of nitrogens with two attached hydrogens (primary N) is 2. The Hall–Kier alpha value is -7.85. The van der Waals surface area contributed by atoms with Gasteiger partial charge in [-0.15, -0.1) is 0 Å². The van der Waals surface area contributed by atoms with Crippen molar-refractivity contribution in [3.8, 4) is 5.75 Å². The van der Waals surface area contributed by atoms with Crippen LogP contribution in [-0.4, -0.2) is 140 Å². The molecule has 1 aliphatic heterocycles. The number of nitrogens with zero attached hydrogens (tertiary/aromatic N) is 3. The number of aromatic nitrogens is 2. The maximum Gasteiger partial charge on any atom is 0.326 e. The molecule has 1 aliphatic rings. The normalized spacial score (nSPS) is 16.1. The van der Waals surface area contributed by atoms with Gasteiger partial charge in [0.25, 0.3) is 5.91 Å². The maximum atomic E-state index is 14.5. The van der Waals surface area contributed by atoms with E-state index in [1.807, 2.05) is 0 Å². The Morgan fingerprint density at radius 1 is 0.764 bits per heavy atom. The molecule has 7 amide bonds. The van der Waals surface area contributed by atoms with Crippen molar-refractivity contribution in [1.29, 1.82) is 0 Å². The molecular formula is C49H68N12O11. The van der Waals surface area contributed by atoms with E-state index in [1.165, 1.54) is 41.7 Å². The van der Waals surface area contributed by atoms with E-state index in [9.17, 15) is 53.4 Å².